The summed E-state index contributed by atoms with van der Waals surface area (Å²) in [5.41, 5.74) is 16.0. The second-order valence-corrected chi connectivity index (χ2v) is 8.98. The lowest BCUT2D eigenvalue weighted by atomic mass is 9.75. The Bertz CT molecular complexity index is 1140. The van der Waals surface area contributed by atoms with Crippen molar-refractivity contribution in [3.05, 3.63) is 108 Å². The van der Waals surface area contributed by atoms with E-state index in [1.807, 2.05) is 72.8 Å². The fourth-order valence-electron chi connectivity index (χ4n) is 4.81. The van der Waals surface area contributed by atoms with Gasteiger partial charge in [0.15, 0.2) is 0 Å². The van der Waals surface area contributed by atoms with E-state index in [-0.39, 0.29) is 0 Å². The molecule has 172 valence electrons. The number of benzene rings is 4. The first kappa shape index (κ1) is 21.9. The van der Waals surface area contributed by atoms with Crippen molar-refractivity contribution in [2.24, 2.45) is 0 Å². The second-order valence-electron chi connectivity index (χ2n) is 8.98. The molecule has 1 saturated carbocycles. The lowest BCUT2D eigenvalue weighted by molar-refractivity contribution is 0.393. The largest absolute Gasteiger partial charge is 0.455 e. The average Bonchev–Trinajstić information content (AvgIpc) is 2.88. The monoisotopic (exact) mass is 450 g/mol. The Hall–Kier alpha value is -3.92. The van der Waals surface area contributed by atoms with Gasteiger partial charge in [0.2, 0.25) is 0 Å². The quantitative estimate of drug-likeness (QED) is 0.293. The van der Waals surface area contributed by atoms with Gasteiger partial charge in [-0.2, -0.15) is 0 Å². The number of nitrogens with two attached hydrogens (primary N) is 2. The SMILES string of the molecule is Nc1ccccc1Oc1ccc(C2CCCC(c3ccc(Oc4ccccc4N)cc3)C2)cc1. The van der Waals surface area contributed by atoms with Gasteiger partial charge < -0.3 is 20.9 Å². The highest BCUT2D eigenvalue weighted by molar-refractivity contribution is 5.54. The van der Waals surface area contributed by atoms with Gasteiger partial charge in [0.25, 0.3) is 0 Å². The molecule has 2 unspecified atom stereocenters. The molecule has 0 bridgehead atoms. The third kappa shape index (κ3) is 5.01. The van der Waals surface area contributed by atoms with E-state index in [1.165, 1.54) is 30.4 Å². The highest BCUT2D eigenvalue weighted by Gasteiger charge is 2.24. The van der Waals surface area contributed by atoms with Gasteiger partial charge in [-0.3, -0.25) is 0 Å². The van der Waals surface area contributed by atoms with Crippen LogP contribution >= 0.6 is 0 Å². The molecular weight excluding hydrogens is 420 g/mol. The molecule has 1 fully saturated rings. The normalized spacial score (nSPS) is 17.8. The summed E-state index contributed by atoms with van der Waals surface area (Å²) in [7, 11) is 0. The topological polar surface area (TPSA) is 70.5 Å². The van der Waals surface area contributed by atoms with Gasteiger partial charge in [0, 0.05) is 0 Å². The summed E-state index contributed by atoms with van der Waals surface area (Å²) in [5.74, 6) is 4.10. The van der Waals surface area contributed by atoms with Crippen LogP contribution in [0, 0.1) is 0 Å². The van der Waals surface area contributed by atoms with E-state index in [9.17, 15) is 0 Å². The highest BCUT2D eigenvalue weighted by atomic mass is 16.5. The van der Waals surface area contributed by atoms with Crippen molar-refractivity contribution in [3.63, 3.8) is 0 Å². The number of anilines is 2. The van der Waals surface area contributed by atoms with Crippen molar-refractivity contribution >= 4 is 11.4 Å². The Balaban J connectivity index is 1.23. The van der Waals surface area contributed by atoms with Crippen LogP contribution in [0.2, 0.25) is 0 Å². The Labute approximate surface area is 201 Å². The van der Waals surface area contributed by atoms with Crippen molar-refractivity contribution < 1.29 is 9.47 Å². The van der Waals surface area contributed by atoms with Crippen molar-refractivity contribution in [2.45, 2.75) is 37.5 Å². The van der Waals surface area contributed by atoms with E-state index in [4.69, 9.17) is 20.9 Å². The zero-order valence-corrected chi connectivity index (χ0v) is 19.2. The van der Waals surface area contributed by atoms with Gasteiger partial charge >= 0.3 is 0 Å². The van der Waals surface area contributed by atoms with E-state index in [1.54, 1.807) is 0 Å². The number of para-hydroxylation sites is 4. The number of rotatable bonds is 6. The summed E-state index contributed by atoms with van der Waals surface area (Å²) >= 11 is 0. The van der Waals surface area contributed by atoms with E-state index in [0.29, 0.717) is 34.7 Å². The molecule has 4 heteroatoms. The predicted octanol–water partition coefficient (Wildman–Crippen LogP) is 7.88. The maximum atomic E-state index is 6.00. The summed E-state index contributed by atoms with van der Waals surface area (Å²) < 4.78 is 11.9. The lowest BCUT2D eigenvalue weighted by Crippen LogP contribution is -2.13. The first-order chi connectivity index (χ1) is 16.7. The molecule has 0 heterocycles. The molecule has 1 aliphatic rings. The fraction of sp³-hybridized carbons (Fsp3) is 0.200. The number of nitrogen functional groups attached to an aromatic ring is 2. The average molecular weight is 451 g/mol. The fourth-order valence-corrected chi connectivity index (χ4v) is 4.81. The van der Waals surface area contributed by atoms with E-state index >= 15 is 0 Å². The van der Waals surface area contributed by atoms with Crippen LogP contribution < -0.4 is 20.9 Å². The van der Waals surface area contributed by atoms with Crippen LogP contribution in [0.25, 0.3) is 0 Å². The Kier molecular flexibility index (Phi) is 6.39. The molecule has 34 heavy (non-hydrogen) atoms. The minimum absolute atomic E-state index is 0.551. The third-order valence-corrected chi connectivity index (χ3v) is 6.67. The summed E-state index contributed by atoms with van der Waals surface area (Å²) in [6.45, 7) is 0. The zero-order chi connectivity index (χ0) is 23.3. The van der Waals surface area contributed by atoms with Crippen LogP contribution in [0.5, 0.6) is 23.0 Å². The summed E-state index contributed by atoms with van der Waals surface area (Å²) in [4.78, 5) is 0. The Morgan fingerprint density at radius 2 is 0.941 bits per heavy atom. The molecule has 0 aliphatic heterocycles. The van der Waals surface area contributed by atoms with Crippen molar-refractivity contribution in [1.29, 1.82) is 0 Å². The summed E-state index contributed by atoms with van der Waals surface area (Å²) in [5, 5.41) is 0. The van der Waals surface area contributed by atoms with E-state index < -0.39 is 0 Å². The van der Waals surface area contributed by atoms with Crippen LogP contribution in [0.3, 0.4) is 0 Å². The van der Waals surface area contributed by atoms with Gasteiger partial charge in [-0.05, 0) is 90.8 Å². The molecule has 1 aliphatic carbocycles. The van der Waals surface area contributed by atoms with Crippen LogP contribution in [0.15, 0.2) is 97.1 Å². The number of hydrogen-bond donors (Lipinski definition) is 2. The molecule has 4 aromatic rings. The second kappa shape index (κ2) is 9.92. The summed E-state index contributed by atoms with van der Waals surface area (Å²) in [6, 6.07) is 32.1. The minimum Gasteiger partial charge on any atom is -0.455 e. The number of hydrogen-bond acceptors (Lipinski definition) is 4. The van der Waals surface area contributed by atoms with Crippen LogP contribution in [0.1, 0.15) is 48.6 Å². The van der Waals surface area contributed by atoms with Crippen LogP contribution in [0.4, 0.5) is 11.4 Å². The first-order valence-corrected chi connectivity index (χ1v) is 11.9. The molecule has 0 aromatic heterocycles. The van der Waals surface area contributed by atoms with Crippen molar-refractivity contribution in [1.82, 2.24) is 0 Å². The molecule has 0 amide bonds. The van der Waals surface area contributed by atoms with Crippen LogP contribution in [-0.4, -0.2) is 0 Å². The van der Waals surface area contributed by atoms with Crippen molar-refractivity contribution in [2.75, 3.05) is 11.5 Å². The molecule has 2 atom stereocenters. The predicted molar refractivity (Wildman–Crippen MR) is 139 cm³/mol. The van der Waals surface area contributed by atoms with E-state index in [2.05, 4.69) is 24.3 Å². The van der Waals surface area contributed by atoms with Gasteiger partial charge in [-0.15, -0.1) is 0 Å². The van der Waals surface area contributed by atoms with Gasteiger partial charge in [0.1, 0.15) is 23.0 Å². The highest BCUT2D eigenvalue weighted by Crippen LogP contribution is 2.42. The zero-order valence-electron chi connectivity index (χ0n) is 19.2. The molecule has 4 aromatic carbocycles. The summed E-state index contributed by atoms with van der Waals surface area (Å²) in [6.07, 6.45) is 4.82. The lowest BCUT2D eigenvalue weighted by Gasteiger charge is -2.30. The van der Waals surface area contributed by atoms with Gasteiger partial charge in [0.05, 0.1) is 11.4 Å². The Morgan fingerprint density at radius 3 is 1.35 bits per heavy atom. The van der Waals surface area contributed by atoms with Crippen LogP contribution in [-0.2, 0) is 0 Å². The smallest absolute Gasteiger partial charge is 0.150 e. The van der Waals surface area contributed by atoms with E-state index in [0.717, 1.165) is 17.9 Å². The maximum Gasteiger partial charge on any atom is 0.150 e. The molecule has 5 rings (SSSR count). The van der Waals surface area contributed by atoms with Crippen molar-refractivity contribution in [3.8, 4) is 23.0 Å². The number of ether oxygens (including phenoxy) is 2. The van der Waals surface area contributed by atoms with Gasteiger partial charge in [-0.1, -0.05) is 55.0 Å². The first-order valence-electron chi connectivity index (χ1n) is 11.9. The van der Waals surface area contributed by atoms with Gasteiger partial charge in [-0.25, -0.2) is 0 Å². The molecular formula is C30H30N2O2. The Morgan fingerprint density at radius 1 is 0.529 bits per heavy atom. The molecule has 0 saturated heterocycles. The molecule has 0 radical (unpaired) electrons. The maximum absolute atomic E-state index is 6.00. The third-order valence-electron chi connectivity index (χ3n) is 6.67. The molecule has 4 N–H and O–H groups in total. The molecule has 0 spiro atoms. The minimum atomic E-state index is 0.551. The standard InChI is InChI=1S/C30H30N2O2/c31-27-8-1-3-10-29(27)33-25-16-12-21(13-17-25)23-6-5-7-24(20-23)22-14-18-26(19-15-22)34-30-11-4-2-9-28(30)32/h1-4,8-19,23-24H,5-7,20,31-32H2. The molecule has 4 nitrogen and oxygen atoms in total.